The molecule has 0 radical (unpaired) electrons. The average molecular weight is 720 g/mol. The molecule has 0 unspecified atom stereocenters. The second kappa shape index (κ2) is 12.9. The largest absolute Gasteiger partial charge is 0.456 e. The Morgan fingerprint density at radius 2 is 0.909 bits per heavy atom. The van der Waals surface area contributed by atoms with Crippen LogP contribution in [0.2, 0.25) is 0 Å². The SMILES string of the molecule is c1cc(-c2ccc(N(c3ccc(-c4ccc5oc6ccccc6c5c4)cc3)c3cccc4sc5ccccc5c34)cc2)cc(-c2ccc3ccccc3c2)c1. The van der Waals surface area contributed by atoms with Crippen LogP contribution in [-0.2, 0) is 0 Å². The van der Waals surface area contributed by atoms with Gasteiger partial charge in [0.2, 0.25) is 0 Å². The minimum atomic E-state index is 0.910. The molecule has 0 N–H and O–H groups in total. The quantitative estimate of drug-likeness (QED) is 0.170. The lowest BCUT2D eigenvalue weighted by Gasteiger charge is -2.27. The van der Waals surface area contributed by atoms with Crippen LogP contribution in [0.5, 0.6) is 0 Å². The maximum atomic E-state index is 6.12. The van der Waals surface area contributed by atoms with E-state index in [1.807, 2.05) is 23.5 Å². The van der Waals surface area contributed by atoms with Crippen molar-refractivity contribution in [2.24, 2.45) is 0 Å². The van der Waals surface area contributed by atoms with Gasteiger partial charge in [-0.15, -0.1) is 11.3 Å². The Balaban J connectivity index is 1.000. The Bertz CT molecular complexity index is 3210. The van der Waals surface area contributed by atoms with Gasteiger partial charge in [0, 0.05) is 42.3 Å². The van der Waals surface area contributed by atoms with Crippen molar-refractivity contribution >= 4 is 81.3 Å². The van der Waals surface area contributed by atoms with Crippen LogP contribution in [0, 0.1) is 0 Å². The molecule has 0 saturated heterocycles. The smallest absolute Gasteiger partial charge is 0.135 e. The summed E-state index contributed by atoms with van der Waals surface area (Å²) < 4.78 is 8.70. The lowest BCUT2D eigenvalue weighted by Crippen LogP contribution is -2.10. The summed E-state index contributed by atoms with van der Waals surface area (Å²) in [7, 11) is 0. The molecule has 0 aliphatic rings. The Hall–Kier alpha value is -6.94. The Morgan fingerprint density at radius 3 is 1.71 bits per heavy atom. The molecule has 2 nitrogen and oxygen atoms in total. The molecule has 55 heavy (non-hydrogen) atoms. The zero-order chi connectivity index (χ0) is 36.3. The summed E-state index contributed by atoms with van der Waals surface area (Å²) in [5.74, 6) is 0. The fourth-order valence-electron chi connectivity index (χ4n) is 8.13. The molecular weight excluding hydrogens is 687 g/mol. The molecule has 0 atom stereocenters. The van der Waals surface area contributed by atoms with Crippen molar-refractivity contribution in [3.63, 3.8) is 0 Å². The van der Waals surface area contributed by atoms with Crippen molar-refractivity contribution in [2.45, 2.75) is 0 Å². The minimum Gasteiger partial charge on any atom is -0.456 e. The standard InChI is InChI=1S/C52H33NOS/c1-2-10-37-32-40(20-19-34(37)9-1)39-12-7-11-38(31-39)35-21-26-42(27-22-35)53(47-15-8-18-51-52(47)45-14-4-6-17-50(45)55-51)43-28-23-36(24-29-43)41-25-30-49-46(33-41)44-13-3-5-16-48(44)54-49/h1-33H. The normalized spacial score (nSPS) is 11.6. The van der Waals surface area contributed by atoms with E-state index in [-0.39, 0.29) is 0 Å². The highest BCUT2D eigenvalue weighted by atomic mass is 32.1. The summed E-state index contributed by atoms with van der Waals surface area (Å²) in [4.78, 5) is 2.41. The lowest BCUT2D eigenvalue weighted by atomic mass is 9.97. The minimum absolute atomic E-state index is 0.910. The molecule has 0 spiro atoms. The lowest BCUT2D eigenvalue weighted by molar-refractivity contribution is 0.669. The molecule has 258 valence electrons. The first-order valence-electron chi connectivity index (χ1n) is 18.7. The fraction of sp³-hybridized carbons (Fsp3) is 0. The summed E-state index contributed by atoms with van der Waals surface area (Å²) in [6.45, 7) is 0. The molecule has 0 fully saturated rings. The summed E-state index contributed by atoms with van der Waals surface area (Å²) >= 11 is 1.85. The Kier molecular flexibility index (Phi) is 7.39. The molecule has 11 aromatic rings. The highest BCUT2D eigenvalue weighted by molar-refractivity contribution is 7.26. The van der Waals surface area contributed by atoms with Gasteiger partial charge in [0.05, 0.1) is 5.69 Å². The zero-order valence-electron chi connectivity index (χ0n) is 29.8. The summed E-state index contributed by atoms with van der Waals surface area (Å²) in [5.41, 5.74) is 12.3. The molecule has 0 amide bonds. The van der Waals surface area contributed by atoms with E-state index >= 15 is 0 Å². The van der Waals surface area contributed by atoms with Crippen molar-refractivity contribution < 1.29 is 4.42 Å². The van der Waals surface area contributed by atoms with Crippen LogP contribution in [-0.4, -0.2) is 0 Å². The monoisotopic (exact) mass is 719 g/mol. The highest BCUT2D eigenvalue weighted by Crippen LogP contribution is 2.45. The highest BCUT2D eigenvalue weighted by Gasteiger charge is 2.19. The van der Waals surface area contributed by atoms with Crippen molar-refractivity contribution in [2.75, 3.05) is 4.90 Å². The molecule has 0 aliphatic carbocycles. The van der Waals surface area contributed by atoms with Crippen LogP contribution in [0.4, 0.5) is 17.1 Å². The van der Waals surface area contributed by atoms with E-state index in [1.54, 1.807) is 0 Å². The molecule has 2 heterocycles. The third-order valence-electron chi connectivity index (χ3n) is 10.9. The van der Waals surface area contributed by atoms with Gasteiger partial charge >= 0.3 is 0 Å². The molecule has 3 heteroatoms. The summed E-state index contributed by atoms with van der Waals surface area (Å²) in [6.07, 6.45) is 0. The third-order valence-corrected chi connectivity index (χ3v) is 12.0. The zero-order valence-corrected chi connectivity index (χ0v) is 30.6. The predicted molar refractivity (Wildman–Crippen MR) is 235 cm³/mol. The van der Waals surface area contributed by atoms with Gasteiger partial charge in [0.15, 0.2) is 0 Å². The van der Waals surface area contributed by atoms with E-state index < -0.39 is 0 Å². The topological polar surface area (TPSA) is 16.4 Å². The molecule has 0 bridgehead atoms. The Labute approximate surface area is 322 Å². The average Bonchev–Trinajstić information content (AvgIpc) is 3.83. The van der Waals surface area contributed by atoms with E-state index in [9.17, 15) is 0 Å². The summed E-state index contributed by atoms with van der Waals surface area (Å²) in [5, 5.41) is 7.34. The first kappa shape index (κ1) is 31.6. The Morgan fingerprint density at radius 1 is 0.345 bits per heavy atom. The molecule has 2 aromatic heterocycles. The third kappa shape index (κ3) is 5.48. The van der Waals surface area contributed by atoms with Crippen LogP contribution in [0.15, 0.2) is 205 Å². The first-order chi connectivity index (χ1) is 27.2. The van der Waals surface area contributed by atoms with Crippen molar-refractivity contribution in [1.29, 1.82) is 0 Å². The van der Waals surface area contributed by atoms with E-state index in [1.165, 1.54) is 64.4 Å². The van der Waals surface area contributed by atoms with Gasteiger partial charge in [-0.1, -0.05) is 127 Å². The molecular formula is C52H33NOS. The second-order valence-electron chi connectivity index (χ2n) is 14.1. The fourth-order valence-corrected chi connectivity index (χ4v) is 9.26. The number of thiophene rings is 1. The number of hydrogen-bond acceptors (Lipinski definition) is 3. The van der Waals surface area contributed by atoms with Gasteiger partial charge < -0.3 is 9.32 Å². The van der Waals surface area contributed by atoms with Crippen molar-refractivity contribution in [3.8, 4) is 33.4 Å². The van der Waals surface area contributed by atoms with Crippen molar-refractivity contribution in [1.82, 2.24) is 0 Å². The van der Waals surface area contributed by atoms with Gasteiger partial charge in [-0.2, -0.15) is 0 Å². The number of fused-ring (bicyclic) bond motifs is 7. The number of hydrogen-bond donors (Lipinski definition) is 0. The molecule has 9 aromatic carbocycles. The van der Waals surface area contributed by atoms with Crippen LogP contribution in [0.25, 0.3) is 86.3 Å². The van der Waals surface area contributed by atoms with Gasteiger partial charge in [0.25, 0.3) is 0 Å². The van der Waals surface area contributed by atoms with Crippen LogP contribution < -0.4 is 4.90 Å². The number of benzene rings is 9. The molecule has 11 rings (SSSR count). The van der Waals surface area contributed by atoms with Gasteiger partial charge in [-0.3, -0.25) is 0 Å². The number of anilines is 3. The predicted octanol–water partition coefficient (Wildman–Crippen LogP) is 15.6. The van der Waals surface area contributed by atoms with Gasteiger partial charge in [-0.25, -0.2) is 0 Å². The first-order valence-corrected chi connectivity index (χ1v) is 19.5. The number of nitrogens with zero attached hydrogens (tertiary/aromatic N) is 1. The van der Waals surface area contributed by atoms with E-state index in [0.29, 0.717) is 0 Å². The molecule has 0 saturated carbocycles. The van der Waals surface area contributed by atoms with Gasteiger partial charge in [-0.05, 0) is 117 Å². The van der Waals surface area contributed by atoms with E-state index in [4.69, 9.17) is 4.42 Å². The molecule has 0 aliphatic heterocycles. The van der Waals surface area contributed by atoms with Crippen LogP contribution in [0.1, 0.15) is 0 Å². The van der Waals surface area contributed by atoms with E-state index in [2.05, 4.69) is 193 Å². The number of furan rings is 1. The number of rotatable bonds is 6. The maximum absolute atomic E-state index is 6.12. The van der Waals surface area contributed by atoms with Crippen molar-refractivity contribution in [3.05, 3.63) is 200 Å². The second-order valence-corrected chi connectivity index (χ2v) is 15.2. The van der Waals surface area contributed by atoms with Crippen LogP contribution >= 0.6 is 11.3 Å². The number of para-hydroxylation sites is 1. The van der Waals surface area contributed by atoms with Gasteiger partial charge in [0.1, 0.15) is 11.2 Å². The summed E-state index contributed by atoms with van der Waals surface area (Å²) in [6, 6.07) is 72.3. The van der Waals surface area contributed by atoms with E-state index in [0.717, 1.165) is 38.9 Å². The maximum Gasteiger partial charge on any atom is 0.135 e. The van der Waals surface area contributed by atoms with Crippen LogP contribution in [0.3, 0.4) is 0 Å².